The molecule has 0 N–H and O–H groups in total. The van der Waals surface area contributed by atoms with Gasteiger partial charge < -0.3 is 0 Å². The molecule has 0 aliphatic rings. The van der Waals surface area contributed by atoms with Gasteiger partial charge in [0.05, 0.1) is 0 Å². The van der Waals surface area contributed by atoms with Gasteiger partial charge in [-0.3, -0.25) is 0 Å². The largest absolute Gasteiger partial charge is 0.0651 e. The van der Waals surface area contributed by atoms with Crippen molar-refractivity contribution in [3.05, 3.63) is 34.9 Å². The first-order valence-electron chi connectivity index (χ1n) is 6.72. The molecule has 0 bridgehead atoms. The van der Waals surface area contributed by atoms with Crippen LogP contribution in [0.2, 0.25) is 0 Å². The zero-order chi connectivity index (χ0) is 13.3. The molecule has 1 aromatic carbocycles. The van der Waals surface area contributed by atoms with Gasteiger partial charge in [0.2, 0.25) is 0 Å². The van der Waals surface area contributed by atoms with Crippen LogP contribution in [0.1, 0.15) is 71.6 Å². The second-order valence-corrected chi connectivity index (χ2v) is 7.02. The van der Waals surface area contributed by atoms with Crippen LogP contribution in [0.5, 0.6) is 0 Å². The summed E-state index contributed by atoms with van der Waals surface area (Å²) in [6.45, 7) is 15.9. The van der Waals surface area contributed by atoms with E-state index in [0.717, 1.165) is 6.42 Å². The Balaban J connectivity index is 3.30. The van der Waals surface area contributed by atoms with E-state index in [-0.39, 0.29) is 10.8 Å². The summed E-state index contributed by atoms with van der Waals surface area (Å²) in [5.41, 5.74) is 4.55. The minimum atomic E-state index is 0.185. The summed E-state index contributed by atoms with van der Waals surface area (Å²) in [5, 5.41) is 0. The lowest BCUT2D eigenvalue weighted by Gasteiger charge is -2.27. The highest BCUT2D eigenvalue weighted by atomic mass is 14.3. The van der Waals surface area contributed by atoms with Crippen molar-refractivity contribution in [2.45, 2.75) is 72.1 Å². The van der Waals surface area contributed by atoms with Gasteiger partial charge in [-0.15, -0.1) is 0 Å². The van der Waals surface area contributed by atoms with E-state index in [1.54, 1.807) is 0 Å². The smallest absolute Gasteiger partial charge is 0.0100 e. The standard InChI is InChI=1S/C17H27/c1-8-9-13-10-11-14(16(2,3)4)12-15(13)17(5,6)7/h10-11H,8-9H2,1-7H3. The first kappa shape index (κ1) is 14.3. The fourth-order valence-corrected chi connectivity index (χ4v) is 2.11. The summed E-state index contributed by atoms with van der Waals surface area (Å²) in [7, 11) is 0. The molecule has 17 heavy (non-hydrogen) atoms. The molecule has 0 saturated carbocycles. The van der Waals surface area contributed by atoms with Gasteiger partial charge in [-0.05, 0) is 40.0 Å². The van der Waals surface area contributed by atoms with Crippen LogP contribution in [0.3, 0.4) is 0 Å². The Morgan fingerprint density at radius 1 is 0.941 bits per heavy atom. The predicted octanol–water partition coefficient (Wildman–Crippen LogP) is 5.03. The van der Waals surface area contributed by atoms with Crippen molar-refractivity contribution in [3.63, 3.8) is 0 Å². The van der Waals surface area contributed by atoms with Crippen molar-refractivity contribution in [2.75, 3.05) is 0 Å². The quantitative estimate of drug-likeness (QED) is 0.669. The Morgan fingerprint density at radius 2 is 1.53 bits per heavy atom. The number of benzene rings is 1. The minimum absolute atomic E-state index is 0.185. The Hall–Kier alpha value is -0.780. The zero-order valence-corrected chi connectivity index (χ0v) is 12.6. The van der Waals surface area contributed by atoms with Crippen molar-refractivity contribution in [1.82, 2.24) is 0 Å². The highest BCUT2D eigenvalue weighted by Crippen LogP contribution is 2.31. The minimum Gasteiger partial charge on any atom is -0.0651 e. The molecule has 0 aliphatic carbocycles. The van der Waals surface area contributed by atoms with Crippen LogP contribution in [0.15, 0.2) is 12.1 Å². The monoisotopic (exact) mass is 231 g/mol. The molecule has 1 aromatic rings. The van der Waals surface area contributed by atoms with Crippen molar-refractivity contribution < 1.29 is 0 Å². The zero-order valence-electron chi connectivity index (χ0n) is 12.6. The lowest BCUT2D eigenvalue weighted by Crippen LogP contribution is -2.18. The maximum absolute atomic E-state index is 3.68. The van der Waals surface area contributed by atoms with Gasteiger partial charge in [-0.2, -0.15) is 0 Å². The average molecular weight is 231 g/mol. The van der Waals surface area contributed by atoms with Crippen molar-refractivity contribution in [3.8, 4) is 0 Å². The molecular formula is C17H27. The van der Waals surface area contributed by atoms with E-state index in [1.807, 2.05) is 0 Å². The van der Waals surface area contributed by atoms with Crippen molar-refractivity contribution in [1.29, 1.82) is 0 Å². The van der Waals surface area contributed by atoms with E-state index in [2.05, 4.69) is 66.7 Å². The first-order chi connectivity index (χ1) is 7.66. The second-order valence-electron chi connectivity index (χ2n) is 7.02. The highest BCUT2D eigenvalue weighted by molar-refractivity contribution is 5.38. The van der Waals surface area contributed by atoms with E-state index >= 15 is 0 Å². The van der Waals surface area contributed by atoms with Gasteiger partial charge in [0.25, 0.3) is 0 Å². The number of hydrogen-bond donors (Lipinski definition) is 0. The summed E-state index contributed by atoms with van der Waals surface area (Å²) in [5.74, 6) is 0. The predicted molar refractivity (Wildman–Crippen MR) is 76.7 cm³/mol. The molecule has 0 heteroatoms. The summed E-state index contributed by atoms with van der Waals surface area (Å²) in [4.78, 5) is 0. The molecule has 1 radical (unpaired) electrons. The summed E-state index contributed by atoms with van der Waals surface area (Å²) >= 11 is 0. The molecule has 0 heterocycles. The van der Waals surface area contributed by atoms with Crippen LogP contribution in [-0.2, 0) is 17.3 Å². The molecule has 0 unspecified atom stereocenters. The normalized spacial score (nSPS) is 12.9. The lowest BCUT2D eigenvalue weighted by molar-refractivity contribution is 0.560. The van der Waals surface area contributed by atoms with Gasteiger partial charge in [0, 0.05) is 0 Å². The van der Waals surface area contributed by atoms with E-state index in [1.165, 1.54) is 23.1 Å². The Labute approximate surface area is 107 Å². The van der Waals surface area contributed by atoms with Crippen molar-refractivity contribution in [2.24, 2.45) is 0 Å². The van der Waals surface area contributed by atoms with E-state index in [0.29, 0.717) is 0 Å². The third-order valence-electron chi connectivity index (χ3n) is 3.11. The Bertz CT molecular complexity index is 372. The Morgan fingerprint density at radius 3 is 1.94 bits per heavy atom. The molecule has 0 aliphatic heterocycles. The number of rotatable bonds is 2. The van der Waals surface area contributed by atoms with Gasteiger partial charge in [-0.1, -0.05) is 67.0 Å². The maximum atomic E-state index is 3.68. The molecule has 0 atom stereocenters. The fraction of sp³-hybridized carbons (Fsp3) is 0.647. The molecule has 1 rings (SSSR count). The molecular weight excluding hydrogens is 204 g/mol. The van der Waals surface area contributed by atoms with E-state index in [9.17, 15) is 0 Å². The van der Waals surface area contributed by atoms with Gasteiger partial charge >= 0.3 is 0 Å². The van der Waals surface area contributed by atoms with Crippen molar-refractivity contribution >= 4 is 0 Å². The van der Waals surface area contributed by atoms with Gasteiger partial charge in [0.1, 0.15) is 0 Å². The number of hydrogen-bond acceptors (Lipinski definition) is 0. The highest BCUT2D eigenvalue weighted by Gasteiger charge is 2.22. The lowest BCUT2D eigenvalue weighted by atomic mass is 9.78. The summed E-state index contributed by atoms with van der Waals surface area (Å²) in [6, 6.07) is 8.23. The van der Waals surface area contributed by atoms with Crippen LogP contribution in [-0.4, -0.2) is 0 Å². The SMILES string of the molecule is CCCc1ccc(C(C)(C)C)[c]c1C(C)(C)C. The average Bonchev–Trinajstić information content (AvgIpc) is 2.15. The van der Waals surface area contributed by atoms with Crippen LogP contribution in [0.25, 0.3) is 0 Å². The molecule has 0 amide bonds. The first-order valence-corrected chi connectivity index (χ1v) is 6.72. The molecule has 0 aromatic heterocycles. The summed E-state index contributed by atoms with van der Waals surface area (Å²) < 4.78 is 0. The van der Waals surface area contributed by atoms with Crippen LogP contribution in [0.4, 0.5) is 0 Å². The van der Waals surface area contributed by atoms with Gasteiger partial charge in [0.15, 0.2) is 0 Å². The molecule has 0 saturated heterocycles. The van der Waals surface area contributed by atoms with E-state index in [4.69, 9.17) is 0 Å². The maximum Gasteiger partial charge on any atom is -0.0100 e. The third kappa shape index (κ3) is 3.59. The van der Waals surface area contributed by atoms with E-state index < -0.39 is 0 Å². The second kappa shape index (κ2) is 4.84. The number of aryl methyl sites for hydroxylation is 1. The van der Waals surface area contributed by atoms with Gasteiger partial charge in [-0.25, -0.2) is 0 Å². The molecule has 95 valence electrons. The molecule has 0 nitrogen and oxygen atoms in total. The van der Waals surface area contributed by atoms with Crippen LogP contribution in [0, 0.1) is 6.07 Å². The molecule has 0 fully saturated rings. The Kier molecular flexibility index (Phi) is 4.06. The van der Waals surface area contributed by atoms with Crippen LogP contribution < -0.4 is 0 Å². The molecule has 0 spiro atoms. The third-order valence-corrected chi connectivity index (χ3v) is 3.11. The topological polar surface area (TPSA) is 0 Å². The van der Waals surface area contributed by atoms with Crippen LogP contribution >= 0.6 is 0 Å². The fourth-order valence-electron chi connectivity index (χ4n) is 2.11. The summed E-state index contributed by atoms with van der Waals surface area (Å²) in [6.07, 6.45) is 2.36.